The Labute approximate surface area is 242 Å². The normalized spacial score (nSPS) is 14.5. The molecule has 1 saturated heterocycles. The Balaban J connectivity index is 1.59. The standard InChI is InChI=1S/C32H39N3O2S2/c1-4-6-8-9-10-14-19-34-31(36)29(39-32(34)38)22-26-23-35(27-15-12-11-13-16-27)33-30(26)25-17-18-28(24(3)21-25)37-20-7-5-2/h11-13,15-18,21-23H,4-10,14,19-20H2,1-3H3/b29-22-. The average Bonchev–Trinajstić information content (AvgIpc) is 3.48. The van der Waals surface area contributed by atoms with Gasteiger partial charge in [0.15, 0.2) is 0 Å². The molecule has 0 spiro atoms. The lowest BCUT2D eigenvalue weighted by atomic mass is 10.0. The van der Waals surface area contributed by atoms with Gasteiger partial charge in [-0.3, -0.25) is 9.69 Å². The molecular weight excluding hydrogens is 523 g/mol. The zero-order valence-electron chi connectivity index (χ0n) is 23.3. The highest BCUT2D eigenvalue weighted by Gasteiger charge is 2.32. The number of aryl methyl sites for hydroxylation is 1. The highest BCUT2D eigenvalue weighted by atomic mass is 32.2. The molecule has 0 aliphatic carbocycles. The van der Waals surface area contributed by atoms with Gasteiger partial charge >= 0.3 is 0 Å². The van der Waals surface area contributed by atoms with Crippen LogP contribution in [0, 0.1) is 6.92 Å². The summed E-state index contributed by atoms with van der Waals surface area (Å²) in [5.74, 6) is 0.889. The molecule has 0 bridgehead atoms. The molecule has 1 aliphatic rings. The Bertz CT molecular complexity index is 1300. The molecule has 0 N–H and O–H groups in total. The van der Waals surface area contributed by atoms with Crippen molar-refractivity contribution in [2.75, 3.05) is 13.2 Å². The van der Waals surface area contributed by atoms with Gasteiger partial charge in [-0.25, -0.2) is 4.68 Å². The summed E-state index contributed by atoms with van der Waals surface area (Å²) in [5.41, 5.74) is 4.72. The number of aromatic nitrogens is 2. The molecule has 0 atom stereocenters. The van der Waals surface area contributed by atoms with Crippen LogP contribution in [0.2, 0.25) is 0 Å². The van der Waals surface area contributed by atoms with Crippen LogP contribution in [0.3, 0.4) is 0 Å². The van der Waals surface area contributed by atoms with E-state index in [1.165, 1.54) is 37.4 Å². The second-order valence-electron chi connectivity index (χ2n) is 10.00. The van der Waals surface area contributed by atoms with Crippen LogP contribution in [-0.2, 0) is 4.79 Å². The van der Waals surface area contributed by atoms with E-state index in [0.717, 1.165) is 59.5 Å². The van der Waals surface area contributed by atoms with Gasteiger partial charge in [0, 0.05) is 23.9 Å². The topological polar surface area (TPSA) is 47.4 Å². The number of para-hydroxylation sites is 1. The fourth-order valence-corrected chi connectivity index (χ4v) is 5.90. The van der Waals surface area contributed by atoms with E-state index in [1.54, 1.807) is 4.90 Å². The summed E-state index contributed by atoms with van der Waals surface area (Å²) in [7, 11) is 0. The zero-order chi connectivity index (χ0) is 27.6. The quantitative estimate of drug-likeness (QED) is 0.112. The summed E-state index contributed by atoms with van der Waals surface area (Å²) in [6.07, 6.45) is 13.2. The molecule has 0 unspecified atom stereocenters. The molecular formula is C32H39N3O2S2. The van der Waals surface area contributed by atoms with E-state index in [1.807, 2.05) is 59.4 Å². The number of thiocarbonyl (C=S) groups is 1. The van der Waals surface area contributed by atoms with E-state index in [4.69, 9.17) is 22.1 Å². The van der Waals surface area contributed by atoms with E-state index >= 15 is 0 Å². The van der Waals surface area contributed by atoms with Gasteiger partial charge < -0.3 is 4.74 Å². The summed E-state index contributed by atoms with van der Waals surface area (Å²) in [6, 6.07) is 16.2. The lowest BCUT2D eigenvalue weighted by molar-refractivity contribution is -0.122. The SMILES string of the molecule is CCCCCCCCN1C(=O)/C(=C/c2cn(-c3ccccc3)nc2-c2ccc(OCCCC)c(C)c2)SC1=S. The van der Waals surface area contributed by atoms with Gasteiger partial charge in [0.2, 0.25) is 0 Å². The summed E-state index contributed by atoms with van der Waals surface area (Å²) < 4.78 is 8.49. The Morgan fingerprint density at radius 3 is 2.46 bits per heavy atom. The van der Waals surface area contributed by atoms with Crippen molar-refractivity contribution < 1.29 is 9.53 Å². The predicted octanol–water partition coefficient (Wildman–Crippen LogP) is 8.59. The third-order valence-corrected chi connectivity index (χ3v) is 8.24. The molecule has 1 fully saturated rings. The Morgan fingerprint density at radius 1 is 0.974 bits per heavy atom. The molecule has 206 valence electrons. The van der Waals surface area contributed by atoms with E-state index in [2.05, 4.69) is 26.8 Å². The number of carbonyl (C=O) groups is 1. The average molecular weight is 562 g/mol. The smallest absolute Gasteiger partial charge is 0.266 e. The van der Waals surface area contributed by atoms with Gasteiger partial charge in [0.25, 0.3) is 5.91 Å². The van der Waals surface area contributed by atoms with E-state index in [0.29, 0.717) is 22.4 Å². The molecule has 2 heterocycles. The van der Waals surface area contributed by atoms with Crippen molar-refractivity contribution in [2.24, 2.45) is 0 Å². The summed E-state index contributed by atoms with van der Waals surface area (Å²) in [6.45, 7) is 7.84. The molecule has 39 heavy (non-hydrogen) atoms. The molecule has 5 nitrogen and oxygen atoms in total. The molecule has 3 aromatic rings. The van der Waals surface area contributed by atoms with Crippen molar-refractivity contribution in [2.45, 2.75) is 72.1 Å². The maximum Gasteiger partial charge on any atom is 0.266 e. The molecule has 1 aliphatic heterocycles. The Hall–Kier alpha value is -2.90. The van der Waals surface area contributed by atoms with Crippen molar-refractivity contribution >= 4 is 40.3 Å². The first-order chi connectivity index (χ1) is 19.0. The minimum atomic E-state index is -0.00665. The summed E-state index contributed by atoms with van der Waals surface area (Å²) in [4.78, 5) is 15.8. The number of hydrogen-bond acceptors (Lipinski definition) is 5. The highest BCUT2D eigenvalue weighted by molar-refractivity contribution is 8.26. The minimum Gasteiger partial charge on any atom is -0.493 e. The van der Waals surface area contributed by atoms with Crippen LogP contribution in [0.15, 0.2) is 59.6 Å². The van der Waals surface area contributed by atoms with Crippen LogP contribution in [0.5, 0.6) is 5.75 Å². The second-order valence-corrected chi connectivity index (χ2v) is 11.7. The van der Waals surface area contributed by atoms with Crippen molar-refractivity contribution in [1.82, 2.24) is 14.7 Å². The summed E-state index contributed by atoms with van der Waals surface area (Å²) in [5, 5.41) is 4.95. The molecule has 2 aromatic carbocycles. The summed E-state index contributed by atoms with van der Waals surface area (Å²) >= 11 is 6.99. The van der Waals surface area contributed by atoms with Gasteiger partial charge in [0.1, 0.15) is 15.8 Å². The van der Waals surface area contributed by atoms with Crippen LogP contribution in [0.4, 0.5) is 0 Å². The van der Waals surface area contributed by atoms with Crippen molar-refractivity contribution in [3.63, 3.8) is 0 Å². The van der Waals surface area contributed by atoms with E-state index in [-0.39, 0.29) is 5.91 Å². The highest BCUT2D eigenvalue weighted by Crippen LogP contribution is 2.36. The van der Waals surface area contributed by atoms with Crippen LogP contribution in [0.1, 0.15) is 76.3 Å². The van der Waals surface area contributed by atoms with E-state index in [9.17, 15) is 4.79 Å². The maximum absolute atomic E-state index is 13.3. The molecule has 0 saturated carbocycles. The molecule has 1 aromatic heterocycles. The van der Waals surface area contributed by atoms with Gasteiger partial charge in [-0.1, -0.05) is 94.6 Å². The predicted molar refractivity (Wildman–Crippen MR) is 167 cm³/mol. The number of thioether (sulfide) groups is 1. The fourth-order valence-electron chi connectivity index (χ4n) is 4.60. The molecule has 0 radical (unpaired) electrons. The fraction of sp³-hybridized carbons (Fsp3) is 0.406. The van der Waals surface area contributed by atoms with Crippen LogP contribution < -0.4 is 4.74 Å². The number of amides is 1. The number of carbonyl (C=O) groups excluding carboxylic acids is 1. The van der Waals surface area contributed by atoms with Gasteiger partial charge in [0.05, 0.1) is 17.2 Å². The van der Waals surface area contributed by atoms with Crippen LogP contribution in [-0.4, -0.2) is 38.1 Å². The van der Waals surface area contributed by atoms with Crippen molar-refractivity contribution in [1.29, 1.82) is 0 Å². The first-order valence-corrected chi connectivity index (χ1v) is 15.4. The number of benzene rings is 2. The lowest BCUT2D eigenvalue weighted by Crippen LogP contribution is -2.29. The number of nitrogens with zero attached hydrogens (tertiary/aromatic N) is 3. The third-order valence-electron chi connectivity index (χ3n) is 6.86. The molecule has 1 amide bonds. The monoisotopic (exact) mass is 561 g/mol. The second kappa shape index (κ2) is 14.5. The largest absolute Gasteiger partial charge is 0.493 e. The molecule has 7 heteroatoms. The maximum atomic E-state index is 13.3. The van der Waals surface area contributed by atoms with Gasteiger partial charge in [-0.05, 0) is 61.7 Å². The number of rotatable bonds is 14. The third kappa shape index (κ3) is 7.61. The first-order valence-electron chi connectivity index (χ1n) is 14.2. The number of ether oxygens (including phenoxy) is 1. The number of hydrogen-bond donors (Lipinski definition) is 0. The molecule has 4 rings (SSSR count). The van der Waals surface area contributed by atoms with Crippen LogP contribution in [0.25, 0.3) is 23.0 Å². The van der Waals surface area contributed by atoms with Crippen molar-refractivity contribution in [3.05, 3.63) is 70.8 Å². The van der Waals surface area contributed by atoms with Gasteiger partial charge in [-0.2, -0.15) is 5.10 Å². The van der Waals surface area contributed by atoms with Gasteiger partial charge in [-0.15, -0.1) is 0 Å². The lowest BCUT2D eigenvalue weighted by Gasteiger charge is -2.14. The zero-order valence-corrected chi connectivity index (χ0v) is 25.0. The number of unbranched alkanes of at least 4 members (excludes halogenated alkanes) is 6. The first kappa shape index (κ1) is 29.1. The van der Waals surface area contributed by atoms with Crippen molar-refractivity contribution in [3.8, 4) is 22.7 Å². The Morgan fingerprint density at radius 2 is 1.72 bits per heavy atom. The van der Waals surface area contributed by atoms with Crippen LogP contribution >= 0.6 is 24.0 Å². The van der Waals surface area contributed by atoms with E-state index < -0.39 is 0 Å². The Kier molecular flexibility index (Phi) is 10.8. The minimum absolute atomic E-state index is 0.00665.